The van der Waals surface area contributed by atoms with Crippen molar-refractivity contribution >= 4 is 12.2 Å². The van der Waals surface area contributed by atoms with Crippen LogP contribution in [0.5, 0.6) is 11.5 Å². The van der Waals surface area contributed by atoms with E-state index in [1.807, 2.05) is 42.5 Å². The Morgan fingerprint density at radius 2 is 1.94 bits per heavy atom. The molecule has 2 atom stereocenters. The van der Waals surface area contributed by atoms with Gasteiger partial charge in [0.05, 0.1) is 7.11 Å². The van der Waals surface area contributed by atoms with Crippen LogP contribution in [0.4, 0.5) is 0 Å². The van der Waals surface area contributed by atoms with E-state index < -0.39 is 5.91 Å². The molecule has 1 saturated carbocycles. The number of hydrogen-bond donors (Lipinski definition) is 0. The Balaban J connectivity index is 1.78. The summed E-state index contributed by atoms with van der Waals surface area (Å²) >= 11 is 0. The van der Waals surface area contributed by atoms with Crippen molar-refractivity contribution in [1.29, 1.82) is 0 Å². The van der Waals surface area contributed by atoms with Crippen molar-refractivity contribution in [3.63, 3.8) is 0 Å². The van der Waals surface area contributed by atoms with Gasteiger partial charge >= 0.3 is 0 Å². The van der Waals surface area contributed by atoms with Crippen molar-refractivity contribution in [2.75, 3.05) is 14.2 Å². The molecule has 0 saturated heterocycles. The van der Waals surface area contributed by atoms with Gasteiger partial charge < -0.3 is 18.9 Å². The second kappa shape index (κ2) is 10.5. The van der Waals surface area contributed by atoms with E-state index in [-0.39, 0.29) is 12.0 Å². The highest BCUT2D eigenvalue weighted by Crippen LogP contribution is 2.44. The zero-order chi connectivity index (χ0) is 24.1. The van der Waals surface area contributed by atoms with Gasteiger partial charge in [-0.15, -0.1) is 0 Å². The van der Waals surface area contributed by atoms with Gasteiger partial charge in [0.15, 0.2) is 11.5 Å². The molecule has 1 fully saturated rings. The molecule has 8 heteroatoms. The number of likely N-dealkylation sites (N-methyl/N-ethyl adjacent to an activating group) is 1. The molecule has 0 bridgehead atoms. The van der Waals surface area contributed by atoms with E-state index in [1.54, 1.807) is 26.0 Å². The molecule has 34 heavy (non-hydrogen) atoms. The van der Waals surface area contributed by atoms with Gasteiger partial charge in [-0.3, -0.25) is 9.59 Å². The maximum Gasteiger partial charge on any atom is 0.286 e. The molecule has 8 nitrogen and oxygen atoms in total. The van der Waals surface area contributed by atoms with Crippen LogP contribution in [-0.4, -0.2) is 47.4 Å². The molecule has 0 spiro atoms. The SMILES string of the molecule is COc1cc(-c2noc(C)n2)c(C2CCCCC2N(C)C(=O)C=O)cc1OCc1ccccc1. The Morgan fingerprint density at radius 1 is 1.18 bits per heavy atom. The molecule has 178 valence electrons. The van der Waals surface area contributed by atoms with Gasteiger partial charge in [-0.2, -0.15) is 4.98 Å². The highest BCUT2D eigenvalue weighted by atomic mass is 16.5. The fourth-order valence-electron chi connectivity index (χ4n) is 4.68. The van der Waals surface area contributed by atoms with Crippen LogP contribution in [0, 0.1) is 6.92 Å². The van der Waals surface area contributed by atoms with Gasteiger partial charge in [0.2, 0.25) is 18.0 Å². The Bertz CT molecular complexity index is 1140. The van der Waals surface area contributed by atoms with Gasteiger partial charge in [-0.25, -0.2) is 0 Å². The number of carbonyl (C=O) groups is 2. The number of amides is 1. The predicted octanol–water partition coefficient (Wildman–Crippen LogP) is 4.32. The number of rotatable bonds is 8. The van der Waals surface area contributed by atoms with Crippen LogP contribution in [0.3, 0.4) is 0 Å². The minimum Gasteiger partial charge on any atom is -0.493 e. The number of nitrogens with zero attached hydrogens (tertiary/aromatic N) is 3. The van der Waals surface area contributed by atoms with Gasteiger partial charge in [0.1, 0.15) is 6.61 Å². The van der Waals surface area contributed by atoms with Gasteiger partial charge in [0.25, 0.3) is 5.91 Å². The Hall–Kier alpha value is -3.68. The highest BCUT2D eigenvalue weighted by Gasteiger charge is 2.34. The van der Waals surface area contributed by atoms with Gasteiger partial charge in [0, 0.05) is 31.5 Å². The van der Waals surface area contributed by atoms with E-state index in [0.717, 1.165) is 42.4 Å². The zero-order valence-electron chi connectivity index (χ0n) is 19.7. The Morgan fingerprint density at radius 3 is 2.62 bits per heavy atom. The molecular formula is C26H29N3O5. The zero-order valence-corrected chi connectivity index (χ0v) is 19.7. The van der Waals surface area contributed by atoms with Crippen LogP contribution in [0.25, 0.3) is 11.4 Å². The third kappa shape index (κ3) is 4.95. The second-order valence-corrected chi connectivity index (χ2v) is 8.53. The smallest absolute Gasteiger partial charge is 0.286 e. The number of benzene rings is 2. The fourth-order valence-corrected chi connectivity index (χ4v) is 4.68. The molecule has 4 rings (SSSR count). The summed E-state index contributed by atoms with van der Waals surface area (Å²) in [4.78, 5) is 29.5. The van der Waals surface area contributed by atoms with Crippen LogP contribution in [0.15, 0.2) is 47.0 Å². The van der Waals surface area contributed by atoms with E-state index in [1.165, 1.54) is 0 Å². The molecule has 1 heterocycles. The molecular weight excluding hydrogens is 434 g/mol. The fraction of sp³-hybridized carbons (Fsp3) is 0.385. The lowest BCUT2D eigenvalue weighted by atomic mass is 9.77. The molecule has 1 aromatic heterocycles. The van der Waals surface area contributed by atoms with Gasteiger partial charge in [-0.05, 0) is 36.1 Å². The summed E-state index contributed by atoms with van der Waals surface area (Å²) in [6.07, 6.45) is 4.04. The first kappa shape index (κ1) is 23.5. The summed E-state index contributed by atoms with van der Waals surface area (Å²) in [7, 11) is 3.28. The number of carbonyl (C=O) groups excluding carboxylic acids is 2. The number of aryl methyl sites for hydroxylation is 1. The lowest BCUT2D eigenvalue weighted by Crippen LogP contribution is -2.43. The summed E-state index contributed by atoms with van der Waals surface area (Å²) in [5, 5.41) is 4.14. The van der Waals surface area contributed by atoms with E-state index >= 15 is 0 Å². The highest BCUT2D eigenvalue weighted by molar-refractivity contribution is 6.23. The summed E-state index contributed by atoms with van der Waals surface area (Å²) in [6, 6.07) is 13.6. The Labute approximate surface area is 198 Å². The van der Waals surface area contributed by atoms with Gasteiger partial charge in [-0.1, -0.05) is 48.3 Å². The number of methoxy groups -OCH3 is 1. The topological polar surface area (TPSA) is 94.8 Å². The first-order valence-corrected chi connectivity index (χ1v) is 11.4. The molecule has 2 aromatic carbocycles. The van der Waals surface area contributed by atoms with Crippen LogP contribution in [0.1, 0.15) is 48.6 Å². The van der Waals surface area contributed by atoms with Crippen LogP contribution >= 0.6 is 0 Å². The largest absolute Gasteiger partial charge is 0.493 e. The molecule has 2 unspecified atom stereocenters. The first-order valence-electron chi connectivity index (χ1n) is 11.4. The third-order valence-corrected chi connectivity index (χ3v) is 6.42. The van der Waals surface area contributed by atoms with Crippen molar-refractivity contribution in [2.45, 2.75) is 51.2 Å². The molecule has 0 aliphatic heterocycles. The molecule has 0 radical (unpaired) electrons. The Kier molecular flexibility index (Phi) is 7.25. The van der Waals surface area contributed by atoms with Crippen molar-refractivity contribution in [1.82, 2.24) is 15.0 Å². The predicted molar refractivity (Wildman–Crippen MR) is 126 cm³/mol. The number of aromatic nitrogens is 2. The second-order valence-electron chi connectivity index (χ2n) is 8.53. The maximum absolute atomic E-state index is 12.2. The molecule has 1 aliphatic carbocycles. The maximum atomic E-state index is 12.2. The summed E-state index contributed by atoms with van der Waals surface area (Å²) < 4.78 is 17.1. The molecule has 3 aromatic rings. The third-order valence-electron chi connectivity index (χ3n) is 6.42. The number of hydrogen-bond acceptors (Lipinski definition) is 7. The van der Waals surface area contributed by atoms with E-state index in [4.69, 9.17) is 14.0 Å². The standard InChI is InChI=1S/C26H29N3O5/c1-17-27-26(28-34-17)21-14-23(32-3)24(33-16-18-9-5-4-6-10-18)13-20(21)19-11-7-8-12-22(19)29(2)25(31)15-30/h4-6,9-10,13-15,19,22H,7-8,11-12,16H2,1-3H3. The monoisotopic (exact) mass is 463 g/mol. The number of aldehydes is 1. The average molecular weight is 464 g/mol. The van der Waals surface area contributed by atoms with Crippen LogP contribution in [0.2, 0.25) is 0 Å². The molecule has 1 aliphatic rings. The molecule has 1 amide bonds. The van der Waals surface area contributed by atoms with E-state index in [9.17, 15) is 9.59 Å². The van der Waals surface area contributed by atoms with E-state index in [2.05, 4.69) is 10.1 Å². The van der Waals surface area contributed by atoms with Crippen molar-refractivity contribution in [3.8, 4) is 22.9 Å². The lowest BCUT2D eigenvalue weighted by Gasteiger charge is -2.38. The molecule has 0 N–H and O–H groups in total. The van der Waals surface area contributed by atoms with Crippen LogP contribution < -0.4 is 9.47 Å². The first-order chi connectivity index (χ1) is 16.5. The van der Waals surface area contributed by atoms with Crippen molar-refractivity contribution < 1.29 is 23.6 Å². The average Bonchev–Trinajstić information content (AvgIpc) is 3.32. The summed E-state index contributed by atoms with van der Waals surface area (Å²) in [5.41, 5.74) is 2.75. The van der Waals surface area contributed by atoms with Crippen LogP contribution in [-0.2, 0) is 16.2 Å². The summed E-state index contributed by atoms with van der Waals surface area (Å²) in [5.74, 6) is 1.51. The lowest BCUT2D eigenvalue weighted by molar-refractivity contribution is -0.140. The quantitative estimate of drug-likeness (QED) is 0.363. The van der Waals surface area contributed by atoms with Crippen molar-refractivity contribution in [3.05, 3.63) is 59.5 Å². The van der Waals surface area contributed by atoms with Crippen molar-refractivity contribution in [2.24, 2.45) is 0 Å². The number of ether oxygens (including phenoxy) is 2. The minimum absolute atomic E-state index is 0.0264. The minimum atomic E-state index is -0.525. The summed E-state index contributed by atoms with van der Waals surface area (Å²) in [6.45, 7) is 2.12. The normalized spacial score (nSPS) is 17.7. The van der Waals surface area contributed by atoms with E-state index in [0.29, 0.717) is 36.1 Å².